The SMILES string of the molecule is COC1CCC(CCC[N+]2(CCCC3CCC(C(=O)NCCCN(C)C)CC3)CCCC(NC(=O)c3nc(Cl)c(N)nc3N)C2)CC1. The van der Waals surface area contributed by atoms with Gasteiger partial charge in [0.25, 0.3) is 5.91 Å². The van der Waals surface area contributed by atoms with Gasteiger partial charge in [-0.1, -0.05) is 11.6 Å². The maximum atomic E-state index is 13.2. The highest BCUT2D eigenvalue weighted by Crippen LogP contribution is 2.34. The fourth-order valence-corrected chi connectivity index (χ4v) is 8.50. The Kier molecular flexibility index (Phi) is 14.8. The maximum absolute atomic E-state index is 13.2. The first-order valence-electron chi connectivity index (χ1n) is 18.3. The minimum atomic E-state index is -0.338. The van der Waals surface area contributed by atoms with E-state index in [1.54, 1.807) is 0 Å². The van der Waals surface area contributed by atoms with Crippen LogP contribution in [-0.4, -0.2) is 104 Å². The van der Waals surface area contributed by atoms with E-state index in [1.807, 2.05) is 7.11 Å². The second-order valence-corrected chi connectivity index (χ2v) is 15.3. The highest BCUT2D eigenvalue weighted by molar-refractivity contribution is 6.31. The minimum Gasteiger partial charge on any atom is -0.382 e. The molecule has 2 heterocycles. The van der Waals surface area contributed by atoms with Crippen molar-refractivity contribution in [2.45, 2.75) is 108 Å². The lowest BCUT2D eigenvalue weighted by Gasteiger charge is -2.45. The number of aromatic nitrogens is 2. The van der Waals surface area contributed by atoms with Crippen molar-refractivity contribution in [3.05, 3.63) is 10.8 Å². The van der Waals surface area contributed by atoms with Gasteiger partial charge in [0.05, 0.1) is 38.3 Å². The Balaban J connectivity index is 1.29. The summed E-state index contributed by atoms with van der Waals surface area (Å²) in [5, 5.41) is 6.38. The number of quaternary nitrogens is 1. The lowest BCUT2D eigenvalue weighted by atomic mass is 9.79. The number of carbonyl (C=O) groups excluding carboxylic acids is 2. The molecule has 11 nitrogen and oxygen atoms in total. The first-order chi connectivity index (χ1) is 22.6. The molecule has 0 radical (unpaired) electrons. The van der Waals surface area contributed by atoms with Gasteiger partial charge in [-0.05, 0) is 129 Å². The quantitative estimate of drug-likeness (QED) is 0.146. The number of hydrogen-bond acceptors (Lipinski definition) is 8. The molecule has 12 heteroatoms. The summed E-state index contributed by atoms with van der Waals surface area (Å²) in [5.74, 6) is 1.59. The number of halogens is 1. The molecule has 2 saturated carbocycles. The molecule has 1 aromatic rings. The molecule has 3 fully saturated rings. The third kappa shape index (κ3) is 11.7. The largest absolute Gasteiger partial charge is 0.382 e. The summed E-state index contributed by atoms with van der Waals surface area (Å²) in [5.41, 5.74) is 11.8. The van der Waals surface area contributed by atoms with Gasteiger partial charge >= 0.3 is 0 Å². The molecule has 6 N–H and O–H groups in total. The molecular weight excluding hydrogens is 616 g/mol. The number of carbonyl (C=O) groups is 2. The second-order valence-electron chi connectivity index (χ2n) is 15.0. The molecule has 2 unspecified atom stereocenters. The van der Waals surface area contributed by atoms with Gasteiger partial charge in [0.15, 0.2) is 22.5 Å². The monoisotopic (exact) mass is 677 g/mol. The molecule has 1 saturated heterocycles. The van der Waals surface area contributed by atoms with Crippen LogP contribution < -0.4 is 22.1 Å². The Morgan fingerprint density at radius 2 is 1.55 bits per heavy atom. The van der Waals surface area contributed by atoms with Crippen LogP contribution in [0.5, 0.6) is 0 Å². The molecule has 3 aliphatic rings. The van der Waals surface area contributed by atoms with E-state index < -0.39 is 0 Å². The zero-order valence-electron chi connectivity index (χ0n) is 29.3. The highest BCUT2D eigenvalue weighted by atomic mass is 35.5. The van der Waals surface area contributed by atoms with E-state index in [9.17, 15) is 9.59 Å². The highest BCUT2D eigenvalue weighted by Gasteiger charge is 2.36. The van der Waals surface area contributed by atoms with E-state index in [4.69, 9.17) is 27.8 Å². The van der Waals surface area contributed by atoms with Crippen molar-refractivity contribution in [1.29, 1.82) is 0 Å². The van der Waals surface area contributed by atoms with Crippen molar-refractivity contribution in [2.75, 3.05) is 71.9 Å². The number of nitrogen functional groups attached to an aromatic ring is 2. The summed E-state index contributed by atoms with van der Waals surface area (Å²) in [4.78, 5) is 36.2. The summed E-state index contributed by atoms with van der Waals surface area (Å²) in [7, 11) is 5.97. The number of piperidine rings is 1. The molecule has 2 atom stereocenters. The van der Waals surface area contributed by atoms with Crippen LogP contribution in [0.15, 0.2) is 0 Å². The van der Waals surface area contributed by atoms with E-state index in [0.29, 0.717) is 12.0 Å². The third-order valence-electron chi connectivity index (χ3n) is 11.2. The summed E-state index contributed by atoms with van der Waals surface area (Å²) >= 11 is 6.07. The van der Waals surface area contributed by atoms with Gasteiger partial charge in [-0.3, -0.25) is 9.59 Å². The molecule has 0 bridgehead atoms. The Morgan fingerprint density at radius 1 is 0.915 bits per heavy atom. The summed E-state index contributed by atoms with van der Waals surface area (Å²) < 4.78 is 6.65. The molecule has 47 heavy (non-hydrogen) atoms. The predicted molar refractivity (Wildman–Crippen MR) is 189 cm³/mol. The van der Waals surface area contributed by atoms with Gasteiger partial charge in [-0.15, -0.1) is 0 Å². The van der Waals surface area contributed by atoms with Crippen LogP contribution in [0.2, 0.25) is 5.15 Å². The molecule has 1 aromatic heterocycles. The molecule has 2 amide bonds. The topological polar surface area (TPSA) is 148 Å². The Bertz CT molecular complexity index is 1140. The van der Waals surface area contributed by atoms with E-state index in [-0.39, 0.29) is 46.3 Å². The maximum Gasteiger partial charge on any atom is 0.274 e. The predicted octanol–water partition coefficient (Wildman–Crippen LogP) is 4.64. The van der Waals surface area contributed by atoms with Gasteiger partial charge in [-0.25, -0.2) is 9.97 Å². The summed E-state index contributed by atoms with van der Waals surface area (Å²) in [6, 6.07) is 0.0394. The number of amides is 2. The van der Waals surface area contributed by atoms with Crippen LogP contribution in [0, 0.1) is 17.8 Å². The smallest absolute Gasteiger partial charge is 0.274 e. The average molecular weight is 678 g/mol. The Labute approximate surface area is 287 Å². The molecule has 2 aliphatic carbocycles. The van der Waals surface area contributed by atoms with Crippen molar-refractivity contribution in [1.82, 2.24) is 25.5 Å². The summed E-state index contributed by atoms with van der Waals surface area (Å²) in [6.45, 7) is 6.10. The van der Waals surface area contributed by atoms with Crippen LogP contribution in [0.3, 0.4) is 0 Å². The first-order valence-corrected chi connectivity index (χ1v) is 18.6. The number of likely N-dealkylation sites (tertiary alicyclic amines) is 1. The zero-order valence-corrected chi connectivity index (χ0v) is 30.0. The molecule has 266 valence electrons. The average Bonchev–Trinajstić information content (AvgIpc) is 3.05. The number of nitrogens with one attached hydrogen (secondary N) is 2. The van der Waals surface area contributed by atoms with Gasteiger partial charge in [0, 0.05) is 19.6 Å². The number of methoxy groups -OCH3 is 1. The molecule has 0 aromatic carbocycles. The summed E-state index contributed by atoms with van der Waals surface area (Å²) in [6.07, 6.45) is 17.5. The normalized spacial score (nSPS) is 28.2. The van der Waals surface area contributed by atoms with Crippen LogP contribution in [0.4, 0.5) is 11.6 Å². The van der Waals surface area contributed by atoms with Crippen molar-refractivity contribution < 1.29 is 18.8 Å². The lowest BCUT2D eigenvalue weighted by molar-refractivity contribution is -0.933. The number of hydrogen-bond donors (Lipinski definition) is 4. The van der Waals surface area contributed by atoms with E-state index >= 15 is 0 Å². The van der Waals surface area contributed by atoms with Crippen LogP contribution in [-0.2, 0) is 9.53 Å². The first kappa shape index (κ1) is 37.6. The number of ether oxygens (including phenoxy) is 1. The van der Waals surface area contributed by atoms with Crippen molar-refractivity contribution in [3.63, 3.8) is 0 Å². The second kappa shape index (κ2) is 18.5. The Morgan fingerprint density at radius 3 is 2.17 bits per heavy atom. The Hall–Kier alpha value is -2.21. The van der Waals surface area contributed by atoms with E-state index in [1.165, 1.54) is 51.4 Å². The third-order valence-corrected chi connectivity index (χ3v) is 11.4. The molecule has 1 aliphatic heterocycles. The minimum absolute atomic E-state index is 0.000635. The number of anilines is 2. The number of nitrogens with zero attached hydrogens (tertiary/aromatic N) is 4. The zero-order chi connectivity index (χ0) is 33.8. The molecular formula is C35H62ClN8O3+. The van der Waals surface area contributed by atoms with E-state index in [2.05, 4.69) is 39.6 Å². The van der Waals surface area contributed by atoms with Gasteiger partial charge in [-0.2, -0.15) is 0 Å². The lowest BCUT2D eigenvalue weighted by Crippen LogP contribution is -2.60. The number of nitrogens with two attached hydrogens (primary N) is 2. The van der Waals surface area contributed by atoms with E-state index in [0.717, 1.165) is 94.6 Å². The fourth-order valence-electron chi connectivity index (χ4n) is 8.37. The fraction of sp³-hybridized carbons (Fsp3) is 0.829. The number of rotatable bonds is 16. The van der Waals surface area contributed by atoms with Crippen LogP contribution in [0.1, 0.15) is 107 Å². The van der Waals surface area contributed by atoms with Gasteiger partial charge in [0.2, 0.25) is 5.91 Å². The van der Waals surface area contributed by atoms with Crippen LogP contribution >= 0.6 is 11.6 Å². The van der Waals surface area contributed by atoms with Crippen molar-refractivity contribution >= 4 is 35.1 Å². The van der Waals surface area contributed by atoms with Crippen molar-refractivity contribution in [2.24, 2.45) is 17.8 Å². The van der Waals surface area contributed by atoms with Crippen molar-refractivity contribution in [3.8, 4) is 0 Å². The molecule has 0 spiro atoms. The molecule has 4 rings (SSSR count). The van der Waals surface area contributed by atoms with Gasteiger partial charge in [0.1, 0.15) is 0 Å². The van der Waals surface area contributed by atoms with Crippen LogP contribution in [0.25, 0.3) is 0 Å². The van der Waals surface area contributed by atoms with Gasteiger partial charge < -0.3 is 36.2 Å². The standard InChI is InChI=1S/C35H61ClN8O3/c1-43(2)20-7-19-39-34(45)27-15-11-25(12-16-27)8-4-21-44(22-5-9-26-13-17-29(47-3)18-14-26)23-6-10-28(24-44)40-35(46)30-32(37)42-33(38)31(36)41-30/h25-29H,4-24H2,1-3H3,(H5-,37,38,39,40,42,45,46)/p+1.